The maximum atomic E-state index is 12.2. The summed E-state index contributed by atoms with van der Waals surface area (Å²) in [5.41, 5.74) is 1.63. The van der Waals surface area contributed by atoms with Crippen molar-refractivity contribution in [2.45, 2.75) is 37.9 Å². The molecule has 1 heterocycles. The van der Waals surface area contributed by atoms with E-state index in [1.165, 1.54) is 4.80 Å². The molecule has 0 spiro atoms. The lowest BCUT2D eigenvalue weighted by Crippen LogP contribution is -2.47. The van der Waals surface area contributed by atoms with Crippen LogP contribution in [0.3, 0.4) is 0 Å². The summed E-state index contributed by atoms with van der Waals surface area (Å²) in [4.78, 5) is 15.8. The van der Waals surface area contributed by atoms with Crippen molar-refractivity contribution in [2.24, 2.45) is 0 Å². The minimum atomic E-state index is -0.0194. The van der Waals surface area contributed by atoms with Gasteiger partial charge < -0.3 is 10.2 Å². The first-order valence-corrected chi connectivity index (χ1v) is 7.39. The first-order chi connectivity index (χ1) is 10.1. The number of hydrogen-bond acceptors (Lipinski definition) is 4. The van der Waals surface area contributed by atoms with Crippen LogP contribution in [0.25, 0.3) is 11.0 Å². The van der Waals surface area contributed by atoms with Gasteiger partial charge in [-0.15, -0.1) is 0 Å². The van der Waals surface area contributed by atoms with Crippen LogP contribution in [0.5, 0.6) is 0 Å². The summed E-state index contributed by atoms with van der Waals surface area (Å²) in [5, 5.41) is 11.8. The average Bonchev–Trinajstić information content (AvgIpc) is 3.03. The molecule has 0 aliphatic heterocycles. The molecule has 112 valence electrons. The lowest BCUT2D eigenvalue weighted by atomic mass is 10.1. The zero-order valence-electron chi connectivity index (χ0n) is 12.5. The molecule has 1 aromatic carbocycles. The van der Waals surface area contributed by atoms with Crippen LogP contribution in [0.15, 0.2) is 24.3 Å². The average molecular weight is 287 g/mol. The number of likely N-dealkylation sites (N-methyl/N-ethyl adjacent to an activating group) is 1. The quantitative estimate of drug-likeness (QED) is 0.912. The summed E-state index contributed by atoms with van der Waals surface area (Å²) in [5.74, 6) is -0.0194. The first-order valence-electron chi connectivity index (χ1n) is 7.39. The number of amides is 1. The summed E-state index contributed by atoms with van der Waals surface area (Å²) in [6, 6.07) is 8.30. The van der Waals surface area contributed by atoms with Gasteiger partial charge >= 0.3 is 0 Å². The molecule has 2 aromatic rings. The minimum Gasteiger partial charge on any atom is -0.350 e. The monoisotopic (exact) mass is 287 g/mol. The van der Waals surface area contributed by atoms with E-state index in [-0.39, 0.29) is 18.5 Å². The summed E-state index contributed by atoms with van der Waals surface area (Å²) >= 11 is 0. The lowest BCUT2D eigenvalue weighted by Gasteiger charge is -2.26. The Labute approximate surface area is 124 Å². The highest BCUT2D eigenvalue weighted by Crippen LogP contribution is 2.22. The maximum absolute atomic E-state index is 12.2. The fourth-order valence-electron chi connectivity index (χ4n) is 3.08. The number of carbonyl (C=O) groups is 1. The van der Waals surface area contributed by atoms with Gasteiger partial charge in [-0.2, -0.15) is 15.0 Å². The van der Waals surface area contributed by atoms with Crippen LogP contribution in [0.4, 0.5) is 0 Å². The Bertz CT molecular complexity index is 603. The summed E-state index contributed by atoms with van der Waals surface area (Å²) < 4.78 is 0. The number of benzene rings is 1. The highest BCUT2D eigenvalue weighted by Gasteiger charge is 2.29. The molecule has 0 unspecified atom stereocenters. The molecule has 6 heteroatoms. The van der Waals surface area contributed by atoms with Crippen molar-refractivity contribution in [2.75, 3.05) is 14.1 Å². The summed E-state index contributed by atoms with van der Waals surface area (Å²) in [6.45, 7) is 0.172. The van der Waals surface area contributed by atoms with Crippen molar-refractivity contribution in [3.63, 3.8) is 0 Å². The number of carbonyl (C=O) groups excluding carboxylic acids is 1. The fraction of sp³-hybridized carbons (Fsp3) is 0.533. The Hall–Kier alpha value is -1.95. The number of nitrogens with one attached hydrogen (secondary N) is 1. The molecule has 21 heavy (non-hydrogen) atoms. The second-order valence-electron chi connectivity index (χ2n) is 5.85. The normalized spacial score (nSPS) is 22.0. The third-order valence-electron chi connectivity index (χ3n) is 4.10. The van der Waals surface area contributed by atoms with Gasteiger partial charge in [0.1, 0.15) is 17.6 Å². The lowest BCUT2D eigenvalue weighted by molar-refractivity contribution is -0.123. The van der Waals surface area contributed by atoms with Gasteiger partial charge in [-0.3, -0.25) is 4.79 Å². The van der Waals surface area contributed by atoms with Crippen LogP contribution in [-0.2, 0) is 11.3 Å². The van der Waals surface area contributed by atoms with E-state index in [9.17, 15) is 4.79 Å². The summed E-state index contributed by atoms with van der Waals surface area (Å²) in [6.07, 6.45) is 3.35. The number of rotatable bonds is 4. The van der Waals surface area contributed by atoms with Crippen LogP contribution in [-0.4, -0.2) is 52.0 Å². The molecule has 2 atom stereocenters. The predicted octanol–water partition coefficient (Wildman–Crippen LogP) is 1.03. The van der Waals surface area contributed by atoms with E-state index in [0.29, 0.717) is 6.04 Å². The minimum absolute atomic E-state index is 0.0194. The van der Waals surface area contributed by atoms with E-state index in [4.69, 9.17) is 0 Å². The molecule has 1 amide bonds. The third kappa shape index (κ3) is 3.05. The highest BCUT2D eigenvalue weighted by molar-refractivity contribution is 5.77. The van der Waals surface area contributed by atoms with E-state index in [1.54, 1.807) is 0 Å². The largest absolute Gasteiger partial charge is 0.350 e. The molecule has 1 saturated carbocycles. The van der Waals surface area contributed by atoms with Crippen molar-refractivity contribution < 1.29 is 4.79 Å². The zero-order chi connectivity index (χ0) is 14.8. The molecule has 1 aromatic heterocycles. The van der Waals surface area contributed by atoms with Crippen molar-refractivity contribution in [3.05, 3.63) is 24.3 Å². The molecule has 6 nitrogen and oxygen atoms in total. The Kier molecular flexibility index (Phi) is 3.88. The number of hydrogen-bond donors (Lipinski definition) is 1. The van der Waals surface area contributed by atoms with Gasteiger partial charge in [0.05, 0.1) is 0 Å². The molecule has 1 N–H and O–H groups in total. The Morgan fingerprint density at radius 3 is 2.57 bits per heavy atom. The number of aromatic nitrogens is 3. The molecule has 0 bridgehead atoms. The molecule has 0 saturated heterocycles. The van der Waals surface area contributed by atoms with E-state index < -0.39 is 0 Å². The van der Waals surface area contributed by atoms with Crippen LogP contribution >= 0.6 is 0 Å². The van der Waals surface area contributed by atoms with Crippen LogP contribution < -0.4 is 5.32 Å². The predicted molar refractivity (Wildman–Crippen MR) is 80.8 cm³/mol. The molecule has 1 fully saturated rings. The number of fused-ring (bicyclic) bond motifs is 1. The van der Waals surface area contributed by atoms with E-state index in [2.05, 4.69) is 34.5 Å². The Balaban J connectivity index is 1.63. The van der Waals surface area contributed by atoms with Crippen LogP contribution in [0.2, 0.25) is 0 Å². The standard InChI is InChI=1S/C15H21N5O/c1-19(2)14-9-5-8-13(14)16-15(21)10-20-17-11-6-3-4-7-12(11)18-20/h3-4,6-7,13-14H,5,8-10H2,1-2H3,(H,16,21)/t13-,14-/m1/s1. The van der Waals surface area contributed by atoms with Crippen molar-refractivity contribution >= 4 is 16.9 Å². The Morgan fingerprint density at radius 1 is 1.29 bits per heavy atom. The third-order valence-corrected chi connectivity index (χ3v) is 4.10. The SMILES string of the molecule is CN(C)[C@@H]1CCC[C@H]1NC(=O)Cn1nc2ccccc2n1. The molecule has 0 radical (unpaired) electrons. The van der Waals surface area contributed by atoms with Gasteiger partial charge in [-0.1, -0.05) is 12.1 Å². The van der Waals surface area contributed by atoms with Crippen molar-refractivity contribution in [1.82, 2.24) is 25.2 Å². The van der Waals surface area contributed by atoms with E-state index in [1.807, 2.05) is 24.3 Å². The summed E-state index contributed by atoms with van der Waals surface area (Å²) in [7, 11) is 4.13. The highest BCUT2D eigenvalue weighted by atomic mass is 16.2. The topological polar surface area (TPSA) is 63.1 Å². The van der Waals surface area contributed by atoms with Gasteiger partial charge in [0, 0.05) is 12.1 Å². The molecule has 1 aliphatic carbocycles. The van der Waals surface area contributed by atoms with Gasteiger partial charge in [0.25, 0.3) is 0 Å². The smallest absolute Gasteiger partial charge is 0.243 e. The molecule has 3 rings (SSSR count). The van der Waals surface area contributed by atoms with Crippen LogP contribution in [0.1, 0.15) is 19.3 Å². The molecule has 1 aliphatic rings. The van der Waals surface area contributed by atoms with Crippen molar-refractivity contribution in [3.8, 4) is 0 Å². The number of nitrogens with zero attached hydrogens (tertiary/aromatic N) is 4. The van der Waals surface area contributed by atoms with Gasteiger partial charge in [0.2, 0.25) is 5.91 Å². The second-order valence-corrected chi connectivity index (χ2v) is 5.85. The first kappa shape index (κ1) is 14.0. The van der Waals surface area contributed by atoms with Gasteiger partial charge in [-0.05, 0) is 45.5 Å². The second kappa shape index (κ2) is 5.81. The fourth-order valence-corrected chi connectivity index (χ4v) is 3.08. The molecular weight excluding hydrogens is 266 g/mol. The van der Waals surface area contributed by atoms with E-state index in [0.717, 1.165) is 30.3 Å². The zero-order valence-corrected chi connectivity index (χ0v) is 12.5. The molecular formula is C15H21N5O. The van der Waals surface area contributed by atoms with Gasteiger partial charge in [-0.25, -0.2) is 0 Å². The maximum Gasteiger partial charge on any atom is 0.243 e. The van der Waals surface area contributed by atoms with Gasteiger partial charge in [0.15, 0.2) is 0 Å². The van der Waals surface area contributed by atoms with E-state index >= 15 is 0 Å². The van der Waals surface area contributed by atoms with Crippen LogP contribution in [0, 0.1) is 0 Å². The van der Waals surface area contributed by atoms with Crippen molar-refractivity contribution in [1.29, 1.82) is 0 Å². The Morgan fingerprint density at radius 2 is 1.95 bits per heavy atom.